The van der Waals surface area contributed by atoms with Gasteiger partial charge in [-0.1, -0.05) is 11.8 Å². The van der Waals surface area contributed by atoms with Gasteiger partial charge in [0.2, 0.25) is 0 Å². The van der Waals surface area contributed by atoms with Gasteiger partial charge in [-0.3, -0.25) is 4.57 Å². The summed E-state index contributed by atoms with van der Waals surface area (Å²) < 4.78 is 11.4. The number of hydrogen-bond donors (Lipinski definition) is 0. The molecule has 112 valence electrons. The molecule has 0 amide bonds. The van der Waals surface area contributed by atoms with Gasteiger partial charge in [0.15, 0.2) is 5.70 Å². The first-order chi connectivity index (χ1) is 10.7. The lowest BCUT2D eigenvalue weighted by Gasteiger charge is -2.07. The summed E-state index contributed by atoms with van der Waals surface area (Å²) in [6, 6.07) is 5.75. The van der Waals surface area contributed by atoms with Crippen LogP contribution in [-0.4, -0.2) is 29.7 Å². The number of benzene rings is 1. The minimum absolute atomic E-state index is 0.264. The molecule has 22 heavy (non-hydrogen) atoms. The summed E-state index contributed by atoms with van der Waals surface area (Å²) in [4.78, 5) is 16.2. The molecule has 1 saturated carbocycles. The fourth-order valence-corrected chi connectivity index (χ4v) is 2.11. The van der Waals surface area contributed by atoms with Crippen LogP contribution >= 0.6 is 0 Å². The molecule has 1 aromatic carbocycles. The highest BCUT2D eigenvalue weighted by atomic mass is 16.5. The smallest absolute Gasteiger partial charge is 0.358 e. The molecule has 5 heteroatoms. The molecule has 0 spiro atoms. The first-order valence-corrected chi connectivity index (χ1v) is 7.03. The van der Waals surface area contributed by atoms with Crippen molar-refractivity contribution in [2.45, 2.75) is 12.8 Å². The minimum Gasteiger partial charge on any atom is -0.502 e. The molecule has 0 aliphatic heterocycles. The van der Waals surface area contributed by atoms with Crippen LogP contribution in [0.5, 0.6) is 0 Å². The van der Waals surface area contributed by atoms with Crippen LogP contribution in [0.25, 0.3) is 16.7 Å². The zero-order valence-corrected chi connectivity index (χ0v) is 12.5. The quantitative estimate of drug-likeness (QED) is 0.378. The van der Waals surface area contributed by atoms with E-state index in [9.17, 15) is 4.79 Å². The van der Waals surface area contributed by atoms with Crippen molar-refractivity contribution in [3.05, 3.63) is 36.4 Å². The Morgan fingerprint density at radius 2 is 2.23 bits per heavy atom. The van der Waals surface area contributed by atoms with Crippen LogP contribution in [0, 0.1) is 17.8 Å². The maximum absolute atomic E-state index is 11.9. The van der Waals surface area contributed by atoms with Gasteiger partial charge in [0.25, 0.3) is 0 Å². The van der Waals surface area contributed by atoms with Crippen LogP contribution < -0.4 is 0 Å². The lowest BCUT2D eigenvalue weighted by Crippen LogP contribution is -2.10. The van der Waals surface area contributed by atoms with Gasteiger partial charge in [-0.2, -0.15) is 0 Å². The molecule has 0 saturated heterocycles. The maximum Gasteiger partial charge on any atom is 0.358 e. The Kier molecular flexibility index (Phi) is 3.84. The summed E-state index contributed by atoms with van der Waals surface area (Å²) in [7, 11) is 2.81. The highest BCUT2D eigenvalue weighted by molar-refractivity contribution is 6.11. The van der Waals surface area contributed by atoms with Gasteiger partial charge in [0, 0.05) is 11.5 Å². The first kappa shape index (κ1) is 14.2. The molecular weight excluding hydrogens is 280 g/mol. The molecule has 5 nitrogen and oxygen atoms in total. The molecule has 1 heterocycles. The van der Waals surface area contributed by atoms with Crippen LogP contribution in [0.3, 0.4) is 0 Å². The van der Waals surface area contributed by atoms with Crippen molar-refractivity contribution in [3.8, 4) is 11.8 Å². The minimum atomic E-state index is -0.490. The second-order valence-electron chi connectivity index (χ2n) is 5.09. The molecule has 0 atom stereocenters. The van der Waals surface area contributed by atoms with Gasteiger partial charge in [-0.05, 0) is 31.0 Å². The van der Waals surface area contributed by atoms with Crippen molar-refractivity contribution in [2.24, 2.45) is 5.92 Å². The van der Waals surface area contributed by atoms with E-state index in [1.807, 2.05) is 18.2 Å². The topological polar surface area (TPSA) is 53.4 Å². The fraction of sp³-hybridized carbons (Fsp3) is 0.294. The van der Waals surface area contributed by atoms with Gasteiger partial charge in [0.1, 0.15) is 12.6 Å². The Morgan fingerprint density at radius 1 is 1.41 bits per heavy atom. The number of hydrogen-bond acceptors (Lipinski definition) is 4. The summed E-state index contributed by atoms with van der Waals surface area (Å²) in [5.41, 5.74) is 2.74. The van der Waals surface area contributed by atoms with Gasteiger partial charge >= 0.3 is 5.97 Å². The average molecular weight is 296 g/mol. The molecule has 3 rings (SSSR count). The Hall–Kier alpha value is -2.74. The number of nitrogens with zero attached hydrogens (tertiary/aromatic N) is 2. The zero-order chi connectivity index (χ0) is 15.5. The number of aromatic nitrogens is 2. The predicted molar refractivity (Wildman–Crippen MR) is 82.6 cm³/mol. The van der Waals surface area contributed by atoms with Crippen molar-refractivity contribution in [2.75, 3.05) is 14.2 Å². The van der Waals surface area contributed by atoms with Gasteiger partial charge in [0.05, 0.1) is 25.3 Å². The maximum atomic E-state index is 11.9. The average Bonchev–Trinajstić information content (AvgIpc) is 3.28. The summed E-state index contributed by atoms with van der Waals surface area (Å²) in [6.45, 7) is 0. The first-order valence-electron chi connectivity index (χ1n) is 7.03. The zero-order valence-electron chi connectivity index (χ0n) is 12.5. The second-order valence-corrected chi connectivity index (χ2v) is 5.09. The molecule has 0 unspecified atom stereocenters. The molecule has 1 aliphatic carbocycles. The van der Waals surface area contributed by atoms with Crippen LogP contribution in [0.15, 0.2) is 30.8 Å². The Bertz CT molecular complexity index is 804. The number of esters is 1. The van der Waals surface area contributed by atoms with E-state index >= 15 is 0 Å². The standard InChI is InChI=1S/C17H16N2O3/c1-21-10-16(17(20)22-2)19-11-18-14-8-7-13(9-15(14)19)6-5-12-3-4-12/h7-12H,3-4H2,1-2H3/b16-10-. The largest absolute Gasteiger partial charge is 0.502 e. The Labute approximate surface area is 128 Å². The van der Waals surface area contributed by atoms with Gasteiger partial charge in [-0.15, -0.1) is 0 Å². The monoisotopic (exact) mass is 296 g/mol. The van der Waals surface area contributed by atoms with Gasteiger partial charge < -0.3 is 9.47 Å². The predicted octanol–water partition coefficient (Wildman–Crippen LogP) is 2.42. The molecule has 0 bridgehead atoms. The fourth-order valence-electron chi connectivity index (χ4n) is 2.11. The van der Waals surface area contributed by atoms with E-state index in [1.165, 1.54) is 33.3 Å². The summed E-state index contributed by atoms with van der Waals surface area (Å²) in [5.74, 6) is 6.45. The number of imidazole rings is 1. The van der Waals surface area contributed by atoms with Crippen LogP contribution in [0.2, 0.25) is 0 Å². The molecular formula is C17H16N2O3. The molecule has 1 aliphatic rings. The van der Waals surface area contributed by atoms with Crippen LogP contribution in [0.1, 0.15) is 18.4 Å². The lowest BCUT2D eigenvalue weighted by molar-refractivity contribution is -0.134. The van der Waals surface area contributed by atoms with Gasteiger partial charge in [-0.25, -0.2) is 9.78 Å². The number of ether oxygens (including phenoxy) is 2. The van der Waals surface area contributed by atoms with E-state index in [2.05, 4.69) is 16.8 Å². The molecule has 1 aromatic heterocycles. The van der Waals surface area contributed by atoms with Crippen LogP contribution in [0.4, 0.5) is 0 Å². The van der Waals surface area contributed by atoms with Crippen molar-refractivity contribution in [1.82, 2.24) is 9.55 Å². The molecule has 2 aromatic rings. The third-order valence-corrected chi connectivity index (χ3v) is 3.43. The molecule has 1 fully saturated rings. The van der Waals surface area contributed by atoms with E-state index in [1.54, 1.807) is 10.9 Å². The molecule has 0 N–H and O–H groups in total. The lowest BCUT2D eigenvalue weighted by atomic mass is 10.2. The third-order valence-electron chi connectivity index (χ3n) is 3.43. The van der Waals surface area contributed by atoms with E-state index in [0.29, 0.717) is 5.92 Å². The number of fused-ring (bicyclic) bond motifs is 1. The SMILES string of the molecule is CO/C=C(/C(=O)OC)n1cnc2ccc(C#CC3CC3)cc21. The van der Waals surface area contributed by atoms with E-state index in [0.717, 1.165) is 16.6 Å². The van der Waals surface area contributed by atoms with E-state index in [-0.39, 0.29) is 5.70 Å². The third kappa shape index (κ3) is 2.82. The van der Waals surface area contributed by atoms with Crippen LogP contribution in [-0.2, 0) is 14.3 Å². The van der Waals surface area contributed by atoms with E-state index < -0.39 is 5.97 Å². The van der Waals surface area contributed by atoms with Crippen molar-refractivity contribution in [1.29, 1.82) is 0 Å². The summed E-state index contributed by atoms with van der Waals surface area (Å²) in [6.07, 6.45) is 5.30. The molecule has 0 radical (unpaired) electrons. The number of carbonyl (C=O) groups excluding carboxylic acids is 1. The number of carbonyl (C=O) groups is 1. The highest BCUT2D eigenvalue weighted by Gasteiger charge is 2.18. The Balaban J connectivity index is 2.05. The number of rotatable bonds is 3. The summed E-state index contributed by atoms with van der Waals surface area (Å²) >= 11 is 0. The van der Waals surface area contributed by atoms with E-state index in [4.69, 9.17) is 9.47 Å². The van der Waals surface area contributed by atoms with Crippen molar-refractivity contribution in [3.63, 3.8) is 0 Å². The summed E-state index contributed by atoms with van der Waals surface area (Å²) in [5, 5.41) is 0. The van der Waals surface area contributed by atoms with Crippen molar-refractivity contribution >= 4 is 22.7 Å². The van der Waals surface area contributed by atoms with Crippen molar-refractivity contribution < 1.29 is 14.3 Å². The number of methoxy groups -OCH3 is 2. The Morgan fingerprint density at radius 3 is 2.91 bits per heavy atom. The normalized spacial score (nSPS) is 14.4. The second kappa shape index (κ2) is 5.94. The highest BCUT2D eigenvalue weighted by Crippen LogP contribution is 2.27.